The molecule has 3 rings (SSSR count). The highest BCUT2D eigenvalue weighted by Gasteiger charge is 2.21. The third kappa shape index (κ3) is 4.67. The molecule has 0 saturated carbocycles. The maximum absolute atomic E-state index is 12.2. The Hall–Kier alpha value is -2.18. The van der Waals surface area contributed by atoms with Gasteiger partial charge < -0.3 is 10.6 Å². The van der Waals surface area contributed by atoms with Crippen LogP contribution in [0.25, 0.3) is 0 Å². The molecule has 0 spiro atoms. The van der Waals surface area contributed by atoms with Gasteiger partial charge in [0.05, 0.1) is 0 Å². The van der Waals surface area contributed by atoms with E-state index in [4.69, 9.17) is 11.6 Å². The molecule has 1 aliphatic rings. The number of anilines is 1. The molecule has 3 amide bonds. The van der Waals surface area contributed by atoms with Crippen LogP contribution in [-0.2, 0) is 0 Å². The Balaban J connectivity index is 1.46. The van der Waals surface area contributed by atoms with Gasteiger partial charge in [0.25, 0.3) is 5.91 Å². The molecule has 1 fully saturated rings. The second-order valence-electron chi connectivity index (χ2n) is 5.49. The van der Waals surface area contributed by atoms with Crippen molar-refractivity contribution in [2.45, 2.75) is 4.90 Å². The van der Waals surface area contributed by atoms with Gasteiger partial charge in [-0.25, -0.2) is 4.79 Å². The number of urea groups is 1. The van der Waals surface area contributed by atoms with Crippen molar-refractivity contribution >= 4 is 41.0 Å². The lowest BCUT2D eigenvalue weighted by molar-refractivity contribution is 0.0956. The van der Waals surface area contributed by atoms with Gasteiger partial charge in [0.2, 0.25) is 0 Å². The Kier molecular flexibility index (Phi) is 5.83. The number of carbonyl (C=O) groups is 2. The number of halogens is 1. The van der Waals surface area contributed by atoms with Gasteiger partial charge in [0.15, 0.2) is 0 Å². The molecule has 2 N–H and O–H groups in total. The number of nitrogens with one attached hydrogen (secondary N) is 2. The number of benzene rings is 2. The van der Waals surface area contributed by atoms with Crippen molar-refractivity contribution in [3.63, 3.8) is 0 Å². The van der Waals surface area contributed by atoms with E-state index in [-0.39, 0.29) is 11.9 Å². The third-order valence-electron chi connectivity index (χ3n) is 3.77. The molecule has 1 heterocycles. The van der Waals surface area contributed by atoms with Gasteiger partial charge in [0, 0.05) is 46.6 Å². The van der Waals surface area contributed by atoms with E-state index in [0.29, 0.717) is 30.2 Å². The average Bonchev–Trinajstić information content (AvgIpc) is 3.06. The van der Waals surface area contributed by atoms with Crippen LogP contribution < -0.4 is 15.5 Å². The molecule has 0 aliphatic carbocycles. The van der Waals surface area contributed by atoms with Crippen molar-refractivity contribution in [2.24, 2.45) is 0 Å². The van der Waals surface area contributed by atoms with Crippen LogP contribution in [0.3, 0.4) is 0 Å². The van der Waals surface area contributed by atoms with Gasteiger partial charge in [-0.3, -0.25) is 9.69 Å². The number of hydrogen-bond donors (Lipinski definition) is 2. The van der Waals surface area contributed by atoms with Crippen LogP contribution in [0.4, 0.5) is 10.5 Å². The van der Waals surface area contributed by atoms with E-state index < -0.39 is 0 Å². The first kappa shape index (κ1) is 17.6. The highest BCUT2D eigenvalue weighted by atomic mass is 35.5. The molecule has 1 saturated heterocycles. The zero-order valence-corrected chi connectivity index (χ0v) is 15.1. The van der Waals surface area contributed by atoms with Crippen LogP contribution in [0.5, 0.6) is 0 Å². The summed E-state index contributed by atoms with van der Waals surface area (Å²) >= 11 is 7.51. The smallest absolute Gasteiger partial charge is 0.321 e. The van der Waals surface area contributed by atoms with E-state index in [1.54, 1.807) is 40.9 Å². The Bertz CT molecular complexity index is 750. The maximum atomic E-state index is 12.2. The van der Waals surface area contributed by atoms with Crippen LogP contribution in [0.2, 0.25) is 5.02 Å². The Labute approximate surface area is 155 Å². The average molecular weight is 376 g/mol. The van der Waals surface area contributed by atoms with E-state index in [9.17, 15) is 9.59 Å². The second-order valence-corrected chi connectivity index (χ2v) is 7.09. The Morgan fingerprint density at radius 3 is 2.52 bits per heavy atom. The summed E-state index contributed by atoms with van der Waals surface area (Å²) in [5.74, 6) is 0.661. The first-order chi connectivity index (χ1) is 12.1. The fourth-order valence-electron chi connectivity index (χ4n) is 2.48. The first-order valence-electron chi connectivity index (χ1n) is 7.95. The predicted molar refractivity (Wildman–Crippen MR) is 102 cm³/mol. The first-order valence-corrected chi connectivity index (χ1v) is 9.32. The van der Waals surface area contributed by atoms with Gasteiger partial charge in [-0.1, -0.05) is 11.6 Å². The summed E-state index contributed by atoms with van der Waals surface area (Å²) in [6.07, 6.45) is 0. The van der Waals surface area contributed by atoms with Gasteiger partial charge in [-0.2, -0.15) is 0 Å². The molecule has 130 valence electrons. The molecule has 7 heteroatoms. The van der Waals surface area contributed by atoms with Crippen molar-refractivity contribution in [1.29, 1.82) is 0 Å². The van der Waals surface area contributed by atoms with E-state index in [0.717, 1.165) is 16.3 Å². The fourth-order valence-corrected chi connectivity index (χ4v) is 3.37. The van der Waals surface area contributed by atoms with E-state index in [2.05, 4.69) is 10.6 Å². The van der Waals surface area contributed by atoms with Gasteiger partial charge in [0.1, 0.15) is 0 Å². The zero-order valence-electron chi connectivity index (χ0n) is 13.5. The summed E-state index contributed by atoms with van der Waals surface area (Å²) in [6, 6.07) is 14.6. The molecule has 0 atom stereocenters. The van der Waals surface area contributed by atoms with Crippen molar-refractivity contribution < 1.29 is 9.59 Å². The molecular formula is C18H18ClN3O2S. The molecule has 0 unspecified atom stereocenters. The molecule has 2 aromatic rings. The highest BCUT2D eigenvalue weighted by Crippen LogP contribution is 2.20. The van der Waals surface area contributed by atoms with E-state index in [1.165, 1.54) is 0 Å². The van der Waals surface area contributed by atoms with Gasteiger partial charge in [-0.15, -0.1) is 11.8 Å². The molecular weight excluding hydrogens is 358 g/mol. The van der Waals surface area contributed by atoms with Crippen LogP contribution in [0.1, 0.15) is 10.4 Å². The summed E-state index contributed by atoms with van der Waals surface area (Å²) in [5.41, 5.74) is 1.38. The predicted octanol–water partition coefficient (Wildman–Crippen LogP) is 3.39. The van der Waals surface area contributed by atoms with Crippen LogP contribution in [0.15, 0.2) is 53.4 Å². The molecule has 0 radical (unpaired) electrons. The summed E-state index contributed by atoms with van der Waals surface area (Å²) in [4.78, 5) is 26.6. The van der Waals surface area contributed by atoms with Gasteiger partial charge >= 0.3 is 6.03 Å². The standard InChI is InChI=1S/C18H18ClN3O2S/c19-14-3-7-16(8-4-14)25-12-10-20-17(23)13-1-5-15(6-2-13)22-11-9-21-18(22)24/h1-8H,9-12H2,(H,20,23)(H,21,24). The monoisotopic (exact) mass is 375 g/mol. The number of amides is 3. The van der Waals surface area contributed by atoms with Crippen LogP contribution in [0, 0.1) is 0 Å². The minimum Gasteiger partial charge on any atom is -0.351 e. The van der Waals surface area contributed by atoms with Crippen LogP contribution >= 0.6 is 23.4 Å². The molecule has 5 nitrogen and oxygen atoms in total. The Morgan fingerprint density at radius 2 is 1.88 bits per heavy atom. The van der Waals surface area contributed by atoms with Crippen molar-refractivity contribution in [3.8, 4) is 0 Å². The zero-order chi connectivity index (χ0) is 17.6. The van der Waals surface area contributed by atoms with E-state index in [1.807, 2.05) is 24.3 Å². The minimum atomic E-state index is -0.117. The van der Waals surface area contributed by atoms with E-state index >= 15 is 0 Å². The molecule has 0 bridgehead atoms. The number of carbonyl (C=O) groups excluding carboxylic acids is 2. The SMILES string of the molecule is O=C(NCCSc1ccc(Cl)cc1)c1ccc(N2CCNC2=O)cc1. The summed E-state index contributed by atoms with van der Waals surface area (Å²) in [6.45, 7) is 1.86. The number of thioether (sulfide) groups is 1. The second kappa shape index (κ2) is 8.27. The fraction of sp³-hybridized carbons (Fsp3) is 0.222. The summed E-state index contributed by atoms with van der Waals surface area (Å²) < 4.78 is 0. The molecule has 25 heavy (non-hydrogen) atoms. The largest absolute Gasteiger partial charge is 0.351 e. The minimum absolute atomic E-state index is 0.101. The van der Waals surface area contributed by atoms with Crippen molar-refractivity contribution in [1.82, 2.24) is 10.6 Å². The summed E-state index contributed by atoms with van der Waals surface area (Å²) in [5, 5.41) is 6.37. The molecule has 1 aliphatic heterocycles. The van der Waals surface area contributed by atoms with Crippen LogP contribution in [-0.4, -0.2) is 37.3 Å². The maximum Gasteiger partial charge on any atom is 0.321 e. The molecule has 0 aromatic heterocycles. The number of hydrogen-bond acceptors (Lipinski definition) is 3. The Morgan fingerprint density at radius 1 is 1.16 bits per heavy atom. The summed E-state index contributed by atoms with van der Waals surface area (Å²) in [7, 11) is 0. The van der Waals surface area contributed by atoms with Gasteiger partial charge in [-0.05, 0) is 48.5 Å². The third-order valence-corrected chi connectivity index (χ3v) is 5.03. The lowest BCUT2D eigenvalue weighted by Gasteiger charge is -2.14. The topological polar surface area (TPSA) is 61.4 Å². The van der Waals surface area contributed by atoms with Crippen molar-refractivity contribution in [3.05, 3.63) is 59.1 Å². The lowest BCUT2D eigenvalue weighted by atomic mass is 10.2. The highest BCUT2D eigenvalue weighted by molar-refractivity contribution is 7.99. The normalized spacial score (nSPS) is 13.6. The quantitative estimate of drug-likeness (QED) is 0.601. The lowest BCUT2D eigenvalue weighted by Crippen LogP contribution is -2.28. The molecule has 2 aromatic carbocycles. The number of nitrogens with zero attached hydrogens (tertiary/aromatic N) is 1. The van der Waals surface area contributed by atoms with Crippen molar-refractivity contribution in [2.75, 3.05) is 30.3 Å². The number of rotatable bonds is 6.